The van der Waals surface area contributed by atoms with Crippen molar-refractivity contribution < 1.29 is 9.47 Å². The lowest BCUT2D eigenvalue weighted by Crippen LogP contribution is -2.04. The number of ether oxygens (including phenoxy) is 2. The van der Waals surface area contributed by atoms with E-state index in [1.165, 1.54) is 5.56 Å². The second-order valence-electron chi connectivity index (χ2n) is 4.96. The van der Waals surface area contributed by atoms with Crippen LogP contribution in [0.4, 0.5) is 5.13 Å². The van der Waals surface area contributed by atoms with Crippen LogP contribution in [0.3, 0.4) is 0 Å². The van der Waals surface area contributed by atoms with E-state index in [1.807, 2.05) is 6.07 Å². The molecule has 4 nitrogen and oxygen atoms in total. The number of aromatic nitrogens is 1. The Balaban J connectivity index is 1.82. The molecule has 0 unspecified atom stereocenters. The van der Waals surface area contributed by atoms with Gasteiger partial charge < -0.3 is 14.8 Å². The number of nitrogens with one attached hydrogen (secondary N) is 1. The average molecular weight is 320 g/mol. The van der Waals surface area contributed by atoms with Crippen molar-refractivity contribution in [2.45, 2.75) is 26.2 Å². The quantitative estimate of drug-likeness (QED) is 0.677. The molecule has 0 aliphatic carbocycles. The standard InChI is InChI=1S/C17H24N2O2S/c1-3-15-16(21-13-7-12-20-2)22-17(19-15)18-11-10-14-8-5-4-6-9-14/h4-6,8-9H,3,7,10-13H2,1-2H3,(H,18,19). The Kier molecular flexibility index (Phi) is 7.19. The van der Waals surface area contributed by atoms with Crippen molar-refractivity contribution in [1.82, 2.24) is 4.98 Å². The summed E-state index contributed by atoms with van der Waals surface area (Å²) >= 11 is 1.59. The van der Waals surface area contributed by atoms with Gasteiger partial charge in [0.05, 0.1) is 12.3 Å². The Labute approximate surface area is 136 Å². The first-order valence-electron chi connectivity index (χ1n) is 7.72. The van der Waals surface area contributed by atoms with E-state index >= 15 is 0 Å². The van der Waals surface area contributed by atoms with Gasteiger partial charge in [-0.15, -0.1) is 0 Å². The fourth-order valence-electron chi connectivity index (χ4n) is 2.08. The second kappa shape index (κ2) is 9.43. The van der Waals surface area contributed by atoms with E-state index in [-0.39, 0.29) is 0 Å². The van der Waals surface area contributed by atoms with E-state index in [4.69, 9.17) is 9.47 Å². The van der Waals surface area contributed by atoms with Crippen LogP contribution in [-0.4, -0.2) is 31.9 Å². The largest absolute Gasteiger partial charge is 0.482 e. The van der Waals surface area contributed by atoms with Gasteiger partial charge in [-0.05, 0) is 18.4 Å². The van der Waals surface area contributed by atoms with Crippen LogP contribution in [0.25, 0.3) is 0 Å². The van der Waals surface area contributed by atoms with Crippen molar-refractivity contribution >= 4 is 16.5 Å². The zero-order chi connectivity index (χ0) is 15.6. The molecule has 1 aromatic carbocycles. The molecule has 0 aliphatic heterocycles. The Morgan fingerprint density at radius 3 is 2.73 bits per heavy atom. The summed E-state index contributed by atoms with van der Waals surface area (Å²) in [6.45, 7) is 4.38. The number of nitrogens with zero attached hydrogens (tertiary/aromatic N) is 1. The smallest absolute Gasteiger partial charge is 0.199 e. The number of benzene rings is 1. The molecule has 0 fully saturated rings. The number of hydrogen-bond donors (Lipinski definition) is 1. The first-order valence-corrected chi connectivity index (χ1v) is 8.54. The average Bonchev–Trinajstić information content (AvgIpc) is 2.95. The summed E-state index contributed by atoms with van der Waals surface area (Å²) in [7, 11) is 1.71. The van der Waals surface area contributed by atoms with Crippen LogP contribution in [0.15, 0.2) is 30.3 Å². The third kappa shape index (κ3) is 5.31. The third-order valence-corrected chi connectivity index (χ3v) is 4.22. The van der Waals surface area contributed by atoms with E-state index in [0.29, 0.717) is 6.61 Å². The molecule has 0 atom stereocenters. The first-order chi connectivity index (χ1) is 10.8. The van der Waals surface area contributed by atoms with Gasteiger partial charge in [-0.25, -0.2) is 4.98 Å². The van der Waals surface area contributed by atoms with Crippen LogP contribution < -0.4 is 10.1 Å². The molecular weight excluding hydrogens is 296 g/mol. The molecule has 1 aromatic heterocycles. The number of aryl methyl sites for hydroxylation is 1. The Morgan fingerprint density at radius 1 is 1.18 bits per heavy atom. The van der Waals surface area contributed by atoms with Crippen molar-refractivity contribution in [3.05, 3.63) is 41.6 Å². The van der Waals surface area contributed by atoms with Gasteiger partial charge in [0.25, 0.3) is 0 Å². The van der Waals surface area contributed by atoms with Crippen molar-refractivity contribution in [3.8, 4) is 5.06 Å². The van der Waals surface area contributed by atoms with Gasteiger partial charge in [0, 0.05) is 26.7 Å². The Morgan fingerprint density at radius 2 is 2.00 bits per heavy atom. The summed E-state index contributed by atoms with van der Waals surface area (Å²) in [6.07, 6.45) is 2.77. The lowest BCUT2D eigenvalue weighted by atomic mass is 10.2. The zero-order valence-corrected chi connectivity index (χ0v) is 14.1. The molecule has 5 heteroatoms. The Bertz CT molecular complexity index is 543. The molecule has 2 aromatic rings. The molecular formula is C17H24N2O2S. The lowest BCUT2D eigenvalue weighted by Gasteiger charge is -2.03. The van der Waals surface area contributed by atoms with E-state index in [2.05, 4.69) is 41.5 Å². The predicted molar refractivity (Wildman–Crippen MR) is 92.1 cm³/mol. The second-order valence-corrected chi connectivity index (χ2v) is 5.93. The maximum Gasteiger partial charge on any atom is 0.199 e. The van der Waals surface area contributed by atoms with Crippen molar-refractivity contribution in [2.24, 2.45) is 0 Å². The van der Waals surface area contributed by atoms with E-state index in [1.54, 1.807) is 18.4 Å². The lowest BCUT2D eigenvalue weighted by molar-refractivity contribution is 0.173. The predicted octanol–water partition coefficient (Wildman–Crippen LogP) is 3.78. The number of thiazole rings is 1. The molecule has 2 rings (SSSR count). The van der Waals surface area contributed by atoms with Crippen LogP contribution in [-0.2, 0) is 17.6 Å². The molecule has 1 heterocycles. The summed E-state index contributed by atoms with van der Waals surface area (Å²) in [5.41, 5.74) is 2.36. The summed E-state index contributed by atoms with van der Waals surface area (Å²) in [5, 5.41) is 5.26. The highest BCUT2D eigenvalue weighted by molar-refractivity contribution is 7.17. The van der Waals surface area contributed by atoms with Crippen molar-refractivity contribution in [3.63, 3.8) is 0 Å². The molecule has 0 saturated heterocycles. The molecule has 22 heavy (non-hydrogen) atoms. The highest BCUT2D eigenvalue weighted by Crippen LogP contribution is 2.31. The molecule has 0 spiro atoms. The van der Waals surface area contributed by atoms with Gasteiger partial charge in [-0.1, -0.05) is 48.6 Å². The van der Waals surface area contributed by atoms with E-state index in [0.717, 1.165) is 48.3 Å². The van der Waals surface area contributed by atoms with Crippen LogP contribution in [0.2, 0.25) is 0 Å². The molecule has 0 saturated carbocycles. The maximum absolute atomic E-state index is 5.81. The van der Waals surface area contributed by atoms with Gasteiger partial charge >= 0.3 is 0 Å². The van der Waals surface area contributed by atoms with Crippen LogP contribution >= 0.6 is 11.3 Å². The molecule has 0 bridgehead atoms. The third-order valence-electron chi connectivity index (χ3n) is 3.26. The molecule has 0 aliphatic rings. The molecule has 0 amide bonds. The number of rotatable bonds is 10. The molecule has 1 N–H and O–H groups in total. The topological polar surface area (TPSA) is 43.4 Å². The monoisotopic (exact) mass is 320 g/mol. The number of methoxy groups -OCH3 is 1. The summed E-state index contributed by atoms with van der Waals surface area (Å²) in [5.74, 6) is 0. The van der Waals surface area contributed by atoms with Crippen molar-refractivity contribution in [2.75, 3.05) is 32.2 Å². The van der Waals surface area contributed by atoms with Crippen LogP contribution in [0, 0.1) is 0 Å². The molecule has 0 radical (unpaired) electrons. The number of anilines is 1. The minimum atomic E-state index is 0.673. The normalized spacial score (nSPS) is 10.6. The summed E-state index contributed by atoms with van der Waals surface area (Å²) in [6, 6.07) is 10.5. The van der Waals surface area contributed by atoms with Gasteiger partial charge in [0.1, 0.15) is 0 Å². The van der Waals surface area contributed by atoms with Gasteiger partial charge in [0.15, 0.2) is 10.2 Å². The zero-order valence-electron chi connectivity index (χ0n) is 13.3. The van der Waals surface area contributed by atoms with E-state index in [9.17, 15) is 0 Å². The Hall–Kier alpha value is -1.59. The van der Waals surface area contributed by atoms with Crippen LogP contribution in [0.5, 0.6) is 5.06 Å². The summed E-state index contributed by atoms with van der Waals surface area (Å²) in [4.78, 5) is 4.61. The SMILES string of the molecule is CCc1nc(NCCc2ccccc2)sc1OCCCOC. The molecule has 120 valence electrons. The van der Waals surface area contributed by atoms with Crippen LogP contribution in [0.1, 0.15) is 24.6 Å². The van der Waals surface area contributed by atoms with E-state index < -0.39 is 0 Å². The fourth-order valence-corrected chi connectivity index (χ4v) is 3.03. The van der Waals surface area contributed by atoms with Gasteiger partial charge in [0.2, 0.25) is 0 Å². The maximum atomic E-state index is 5.81. The van der Waals surface area contributed by atoms with Crippen molar-refractivity contribution in [1.29, 1.82) is 0 Å². The fraction of sp³-hybridized carbons (Fsp3) is 0.471. The van der Waals surface area contributed by atoms with Gasteiger partial charge in [-0.3, -0.25) is 0 Å². The highest BCUT2D eigenvalue weighted by atomic mass is 32.1. The summed E-state index contributed by atoms with van der Waals surface area (Å²) < 4.78 is 10.8. The number of hydrogen-bond acceptors (Lipinski definition) is 5. The van der Waals surface area contributed by atoms with Gasteiger partial charge in [-0.2, -0.15) is 0 Å². The minimum absolute atomic E-state index is 0.673. The first kappa shape index (κ1) is 16.8. The minimum Gasteiger partial charge on any atom is -0.482 e. The highest BCUT2D eigenvalue weighted by Gasteiger charge is 2.10.